The van der Waals surface area contributed by atoms with Gasteiger partial charge in [0.05, 0.1) is 12.7 Å². The van der Waals surface area contributed by atoms with E-state index in [0.29, 0.717) is 21.9 Å². The smallest absolute Gasteiger partial charge is 0.197 e. The number of carbonyl (C=O) groups excluding carboxylic acids is 1. The topological polar surface area (TPSA) is 26.3 Å². The number of aryl methyl sites for hydroxylation is 3. The molecule has 2 nitrogen and oxygen atoms in total. The molecule has 3 heteroatoms. The molecule has 0 aliphatic carbocycles. The van der Waals surface area contributed by atoms with Crippen LogP contribution in [0.1, 0.15) is 32.6 Å². The van der Waals surface area contributed by atoms with E-state index in [1.54, 1.807) is 18.2 Å². The zero-order chi connectivity index (χ0) is 14.9. The van der Waals surface area contributed by atoms with E-state index in [0.717, 1.165) is 11.1 Å². The Kier molecular flexibility index (Phi) is 4.15. The third kappa shape index (κ3) is 2.70. The standard InChI is InChI=1S/C17H17ClO2/c1-10-7-12(3)15(8-11(10)2)17(19)14-6-5-13(18)9-16(14)20-4/h5-9H,1-4H3. The van der Waals surface area contributed by atoms with Crippen LogP contribution < -0.4 is 4.74 Å². The number of ether oxygens (including phenoxy) is 1. The fourth-order valence-corrected chi connectivity index (χ4v) is 2.36. The van der Waals surface area contributed by atoms with Crippen LogP contribution in [0.15, 0.2) is 30.3 Å². The van der Waals surface area contributed by atoms with Gasteiger partial charge in [0.1, 0.15) is 5.75 Å². The fourth-order valence-electron chi connectivity index (χ4n) is 2.20. The van der Waals surface area contributed by atoms with Crippen LogP contribution in [0.4, 0.5) is 0 Å². The fraction of sp³-hybridized carbons (Fsp3) is 0.235. The number of ketones is 1. The largest absolute Gasteiger partial charge is 0.496 e. The molecule has 104 valence electrons. The highest BCUT2D eigenvalue weighted by molar-refractivity contribution is 6.31. The molecule has 0 amide bonds. The summed E-state index contributed by atoms with van der Waals surface area (Å²) in [6.07, 6.45) is 0. The number of halogens is 1. The van der Waals surface area contributed by atoms with Gasteiger partial charge in [-0.2, -0.15) is 0 Å². The Hall–Kier alpha value is -1.80. The summed E-state index contributed by atoms with van der Waals surface area (Å²) in [7, 11) is 1.54. The van der Waals surface area contributed by atoms with E-state index in [-0.39, 0.29) is 5.78 Å². The third-order valence-electron chi connectivity index (χ3n) is 3.49. The molecular weight excluding hydrogens is 272 g/mol. The highest BCUT2D eigenvalue weighted by Gasteiger charge is 2.17. The van der Waals surface area contributed by atoms with Crippen LogP contribution in [0.5, 0.6) is 5.75 Å². The van der Waals surface area contributed by atoms with Crippen LogP contribution >= 0.6 is 11.6 Å². The first-order valence-electron chi connectivity index (χ1n) is 6.40. The van der Waals surface area contributed by atoms with Gasteiger partial charge in [0.15, 0.2) is 5.78 Å². The van der Waals surface area contributed by atoms with Crippen molar-refractivity contribution in [1.29, 1.82) is 0 Å². The molecular formula is C17H17ClO2. The molecule has 0 saturated carbocycles. The van der Waals surface area contributed by atoms with E-state index in [1.807, 2.05) is 32.9 Å². The first-order valence-corrected chi connectivity index (χ1v) is 6.78. The van der Waals surface area contributed by atoms with Crippen molar-refractivity contribution in [1.82, 2.24) is 0 Å². The second kappa shape index (κ2) is 5.68. The monoisotopic (exact) mass is 288 g/mol. The van der Waals surface area contributed by atoms with Crippen molar-refractivity contribution in [2.24, 2.45) is 0 Å². The molecule has 0 bridgehead atoms. The lowest BCUT2D eigenvalue weighted by molar-refractivity contribution is 0.103. The summed E-state index contributed by atoms with van der Waals surface area (Å²) in [5, 5.41) is 0.551. The maximum Gasteiger partial charge on any atom is 0.197 e. The highest BCUT2D eigenvalue weighted by Crippen LogP contribution is 2.27. The zero-order valence-corrected chi connectivity index (χ0v) is 12.8. The van der Waals surface area contributed by atoms with Crippen LogP contribution in [-0.4, -0.2) is 12.9 Å². The van der Waals surface area contributed by atoms with Gasteiger partial charge in [0, 0.05) is 10.6 Å². The average molecular weight is 289 g/mol. The number of benzene rings is 2. The van der Waals surface area contributed by atoms with Crippen molar-refractivity contribution < 1.29 is 9.53 Å². The Morgan fingerprint density at radius 3 is 2.25 bits per heavy atom. The molecule has 0 unspecified atom stereocenters. The number of rotatable bonds is 3. The number of hydrogen-bond acceptors (Lipinski definition) is 2. The zero-order valence-electron chi connectivity index (χ0n) is 12.1. The van der Waals surface area contributed by atoms with Gasteiger partial charge in [-0.3, -0.25) is 4.79 Å². The number of methoxy groups -OCH3 is 1. The summed E-state index contributed by atoms with van der Waals surface area (Å²) >= 11 is 5.93. The van der Waals surface area contributed by atoms with Gasteiger partial charge in [-0.05, 0) is 61.7 Å². The maximum atomic E-state index is 12.7. The van der Waals surface area contributed by atoms with E-state index >= 15 is 0 Å². The normalized spacial score (nSPS) is 10.4. The molecule has 0 fully saturated rings. The molecule has 0 saturated heterocycles. The van der Waals surface area contributed by atoms with Crippen molar-refractivity contribution >= 4 is 17.4 Å². The Balaban J connectivity index is 2.54. The lowest BCUT2D eigenvalue weighted by atomic mass is 9.94. The van der Waals surface area contributed by atoms with E-state index < -0.39 is 0 Å². The number of carbonyl (C=O) groups is 1. The van der Waals surface area contributed by atoms with E-state index in [4.69, 9.17) is 16.3 Å². The van der Waals surface area contributed by atoms with Crippen molar-refractivity contribution in [2.45, 2.75) is 20.8 Å². The molecule has 2 rings (SSSR count). The summed E-state index contributed by atoms with van der Waals surface area (Å²) in [5.41, 5.74) is 4.49. The Morgan fingerprint density at radius 2 is 1.60 bits per heavy atom. The molecule has 0 aliphatic heterocycles. The quantitative estimate of drug-likeness (QED) is 0.777. The van der Waals surface area contributed by atoms with Crippen LogP contribution in [0.25, 0.3) is 0 Å². The van der Waals surface area contributed by atoms with Gasteiger partial charge in [0.2, 0.25) is 0 Å². The Morgan fingerprint density at radius 1 is 0.950 bits per heavy atom. The SMILES string of the molecule is COc1cc(Cl)ccc1C(=O)c1cc(C)c(C)cc1C. The molecule has 0 aromatic heterocycles. The lowest BCUT2D eigenvalue weighted by Gasteiger charge is -2.12. The molecule has 2 aromatic carbocycles. The second-order valence-electron chi connectivity index (χ2n) is 4.93. The van der Waals surface area contributed by atoms with Gasteiger partial charge in [-0.1, -0.05) is 17.7 Å². The molecule has 0 atom stereocenters. The Labute approximate surface area is 124 Å². The molecule has 0 spiro atoms. The predicted octanol–water partition coefficient (Wildman–Crippen LogP) is 4.50. The molecule has 2 aromatic rings. The van der Waals surface area contributed by atoms with Crippen LogP contribution in [-0.2, 0) is 0 Å². The molecule has 0 aliphatic rings. The molecule has 0 N–H and O–H groups in total. The van der Waals surface area contributed by atoms with Crippen molar-refractivity contribution in [3.8, 4) is 5.75 Å². The number of hydrogen-bond donors (Lipinski definition) is 0. The first kappa shape index (κ1) is 14.6. The van der Waals surface area contributed by atoms with Gasteiger partial charge in [-0.25, -0.2) is 0 Å². The first-order chi connectivity index (χ1) is 9.43. The van der Waals surface area contributed by atoms with Crippen molar-refractivity contribution in [3.63, 3.8) is 0 Å². The van der Waals surface area contributed by atoms with Gasteiger partial charge in [0.25, 0.3) is 0 Å². The summed E-state index contributed by atoms with van der Waals surface area (Å²) < 4.78 is 5.26. The highest BCUT2D eigenvalue weighted by atomic mass is 35.5. The van der Waals surface area contributed by atoms with E-state index in [9.17, 15) is 4.79 Å². The van der Waals surface area contributed by atoms with Crippen LogP contribution in [0.2, 0.25) is 5.02 Å². The van der Waals surface area contributed by atoms with Crippen molar-refractivity contribution in [2.75, 3.05) is 7.11 Å². The molecule has 0 heterocycles. The summed E-state index contributed by atoms with van der Waals surface area (Å²) in [5.74, 6) is 0.458. The molecule has 20 heavy (non-hydrogen) atoms. The minimum absolute atomic E-state index is 0.0425. The van der Waals surface area contributed by atoms with E-state index in [2.05, 4.69) is 0 Å². The van der Waals surface area contributed by atoms with Gasteiger partial charge < -0.3 is 4.74 Å². The summed E-state index contributed by atoms with van der Waals surface area (Å²) in [6, 6.07) is 9.03. The summed E-state index contributed by atoms with van der Waals surface area (Å²) in [4.78, 5) is 12.7. The second-order valence-corrected chi connectivity index (χ2v) is 5.36. The van der Waals surface area contributed by atoms with Crippen molar-refractivity contribution in [3.05, 3.63) is 63.2 Å². The van der Waals surface area contributed by atoms with E-state index in [1.165, 1.54) is 12.7 Å². The van der Waals surface area contributed by atoms with Gasteiger partial charge in [-0.15, -0.1) is 0 Å². The summed E-state index contributed by atoms with van der Waals surface area (Å²) in [6.45, 7) is 5.99. The minimum atomic E-state index is -0.0425. The minimum Gasteiger partial charge on any atom is -0.496 e. The molecule has 0 radical (unpaired) electrons. The van der Waals surface area contributed by atoms with Gasteiger partial charge >= 0.3 is 0 Å². The average Bonchev–Trinajstić information content (AvgIpc) is 2.42. The third-order valence-corrected chi connectivity index (χ3v) is 3.73. The Bertz CT molecular complexity index is 675. The maximum absolute atomic E-state index is 12.7. The predicted molar refractivity (Wildman–Crippen MR) is 82.1 cm³/mol. The lowest BCUT2D eigenvalue weighted by Crippen LogP contribution is -2.07. The van der Waals surface area contributed by atoms with Crippen LogP contribution in [0.3, 0.4) is 0 Å². The van der Waals surface area contributed by atoms with Crippen LogP contribution in [0, 0.1) is 20.8 Å².